The number of nitrogens with one attached hydrogen (secondary N) is 2. The van der Waals surface area contributed by atoms with Crippen molar-refractivity contribution in [2.24, 2.45) is 0 Å². The third kappa shape index (κ3) is 5.51. The molecule has 2 N–H and O–H groups in total. The van der Waals surface area contributed by atoms with Gasteiger partial charge in [0.15, 0.2) is 0 Å². The predicted octanol–water partition coefficient (Wildman–Crippen LogP) is 4.15. The number of carbonyl (C=O) groups excluding carboxylic acids is 1. The molecule has 4 rings (SSSR count). The number of aryl methyl sites for hydroxylation is 1. The summed E-state index contributed by atoms with van der Waals surface area (Å²) in [5, 5.41) is 7.02. The fraction of sp³-hybridized carbons (Fsp3) is 0.269. The zero-order valence-electron chi connectivity index (χ0n) is 20.6. The molecule has 0 unspecified atom stereocenters. The zero-order chi connectivity index (χ0) is 24.2. The maximum absolute atomic E-state index is 12.7. The number of aromatic nitrogens is 4. The molecule has 0 aliphatic rings. The third-order valence-corrected chi connectivity index (χ3v) is 5.84. The number of para-hydroxylation sites is 1. The molecule has 4 aromatic rings. The van der Waals surface area contributed by atoms with Crippen LogP contribution in [-0.2, 0) is 0 Å². The Labute approximate surface area is 212 Å². The number of hydrogen-bond donors (Lipinski definition) is 2. The smallest absolute Gasteiger partial charge is 0.253 e. The molecule has 3 aromatic heterocycles. The Hall–Kier alpha value is -3.72. The first-order valence-electron chi connectivity index (χ1n) is 11.2. The highest BCUT2D eigenvalue weighted by Gasteiger charge is 2.20. The molecule has 1 amide bonds. The van der Waals surface area contributed by atoms with Crippen molar-refractivity contribution in [2.45, 2.75) is 19.8 Å². The minimum atomic E-state index is -0.127. The number of rotatable bonds is 7. The van der Waals surface area contributed by atoms with Crippen LogP contribution in [0.2, 0.25) is 0 Å². The van der Waals surface area contributed by atoms with Crippen molar-refractivity contribution in [3.8, 4) is 11.3 Å². The van der Waals surface area contributed by atoms with E-state index in [2.05, 4.69) is 38.6 Å². The van der Waals surface area contributed by atoms with Crippen LogP contribution in [0.25, 0.3) is 22.2 Å². The second-order valence-corrected chi connectivity index (χ2v) is 8.49. The normalized spacial score (nSPS) is 11.5. The highest BCUT2D eigenvalue weighted by Crippen LogP contribution is 2.31. The fourth-order valence-electron chi connectivity index (χ4n) is 3.93. The van der Waals surface area contributed by atoms with E-state index in [1.54, 1.807) is 19.6 Å². The Morgan fingerprint density at radius 1 is 1.06 bits per heavy atom. The summed E-state index contributed by atoms with van der Waals surface area (Å²) in [6.45, 7) is 4.74. The average Bonchev–Trinajstić information content (AvgIpc) is 2.86. The van der Waals surface area contributed by atoms with Crippen LogP contribution in [0.5, 0.6) is 0 Å². The van der Waals surface area contributed by atoms with Gasteiger partial charge >= 0.3 is 0 Å². The average molecular weight is 490 g/mol. The van der Waals surface area contributed by atoms with Crippen molar-refractivity contribution in [2.75, 3.05) is 37.9 Å². The molecule has 0 fully saturated rings. The van der Waals surface area contributed by atoms with Gasteiger partial charge in [0.05, 0.1) is 28.7 Å². The van der Waals surface area contributed by atoms with Gasteiger partial charge in [-0.3, -0.25) is 14.8 Å². The van der Waals surface area contributed by atoms with E-state index in [1.165, 1.54) is 0 Å². The van der Waals surface area contributed by atoms with E-state index < -0.39 is 0 Å². The van der Waals surface area contributed by atoms with Gasteiger partial charge in [-0.25, -0.2) is 9.97 Å². The molecule has 8 nitrogen and oxygen atoms in total. The first-order chi connectivity index (χ1) is 16.4. The van der Waals surface area contributed by atoms with Crippen LogP contribution in [0.1, 0.15) is 34.5 Å². The molecule has 0 aliphatic heterocycles. The molecule has 35 heavy (non-hydrogen) atoms. The zero-order valence-corrected chi connectivity index (χ0v) is 21.6. The third-order valence-electron chi connectivity index (χ3n) is 5.84. The Bertz CT molecular complexity index is 1330. The molecule has 0 radical (unpaired) electrons. The van der Waals surface area contributed by atoms with Crippen LogP contribution < -0.4 is 15.5 Å². The highest BCUT2D eigenvalue weighted by atomic mass is 32.1. The molecule has 0 saturated heterocycles. The maximum atomic E-state index is 12.7. The lowest BCUT2D eigenvalue weighted by Crippen LogP contribution is -2.23. The summed E-state index contributed by atoms with van der Waals surface area (Å²) in [7, 11) is 5.47. The van der Waals surface area contributed by atoms with Gasteiger partial charge in [0.1, 0.15) is 12.1 Å². The minimum absolute atomic E-state index is 0. The molecule has 0 bridgehead atoms. The summed E-state index contributed by atoms with van der Waals surface area (Å²) in [6, 6.07) is 11.9. The molecule has 1 atom stereocenters. The number of carbonyl (C=O) groups is 1. The van der Waals surface area contributed by atoms with E-state index >= 15 is 0 Å². The second-order valence-electron chi connectivity index (χ2n) is 8.49. The van der Waals surface area contributed by atoms with Gasteiger partial charge in [0, 0.05) is 62.5 Å². The van der Waals surface area contributed by atoms with Crippen molar-refractivity contribution < 1.29 is 4.79 Å². The van der Waals surface area contributed by atoms with Crippen molar-refractivity contribution in [3.63, 3.8) is 0 Å². The summed E-state index contributed by atoms with van der Waals surface area (Å²) in [6.07, 6.45) is 5.14. The lowest BCUT2D eigenvalue weighted by atomic mass is 9.95. The Kier molecular flexibility index (Phi) is 8.24. The van der Waals surface area contributed by atoms with Crippen LogP contribution >= 0.6 is 13.5 Å². The molecular weight excluding hydrogens is 458 g/mol. The van der Waals surface area contributed by atoms with Crippen LogP contribution in [0, 0.1) is 6.92 Å². The van der Waals surface area contributed by atoms with Gasteiger partial charge in [-0.2, -0.15) is 13.5 Å². The Morgan fingerprint density at radius 3 is 2.54 bits per heavy atom. The van der Waals surface area contributed by atoms with Crippen molar-refractivity contribution in [3.05, 3.63) is 71.9 Å². The monoisotopic (exact) mass is 489 g/mol. The summed E-state index contributed by atoms with van der Waals surface area (Å²) in [5.41, 5.74) is 6.04. The Morgan fingerprint density at radius 2 is 1.86 bits per heavy atom. The van der Waals surface area contributed by atoms with Gasteiger partial charge in [0.2, 0.25) is 0 Å². The quantitative estimate of drug-likeness (QED) is 0.403. The summed E-state index contributed by atoms with van der Waals surface area (Å²) in [4.78, 5) is 32.5. The lowest BCUT2D eigenvalue weighted by Gasteiger charge is -2.20. The van der Waals surface area contributed by atoms with E-state index in [-0.39, 0.29) is 25.3 Å². The van der Waals surface area contributed by atoms with Gasteiger partial charge in [-0.15, -0.1) is 0 Å². The molecule has 9 heteroatoms. The number of pyridine rings is 2. The summed E-state index contributed by atoms with van der Waals surface area (Å²) >= 11 is 0. The van der Waals surface area contributed by atoms with E-state index in [4.69, 9.17) is 4.98 Å². The van der Waals surface area contributed by atoms with Crippen LogP contribution in [-0.4, -0.2) is 53.5 Å². The van der Waals surface area contributed by atoms with E-state index in [0.29, 0.717) is 12.1 Å². The number of anilines is 2. The molecule has 0 spiro atoms. The van der Waals surface area contributed by atoms with Crippen molar-refractivity contribution >= 4 is 41.8 Å². The molecule has 182 valence electrons. The van der Waals surface area contributed by atoms with Gasteiger partial charge < -0.3 is 15.5 Å². The highest BCUT2D eigenvalue weighted by molar-refractivity contribution is 7.59. The maximum Gasteiger partial charge on any atom is 0.253 e. The number of nitrogens with zero attached hydrogens (tertiary/aromatic N) is 5. The van der Waals surface area contributed by atoms with E-state index in [9.17, 15) is 4.79 Å². The molecule has 3 heterocycles. The van der Waals surface area contributed by atoms with E-state index in [0.717, 1.165) is 44.9 Å². The molecule has 1 aromatic carbocycles. The molecular formula is C26H31N7OS. The van der Waals surface area contributed by atoms with Crippen LogP contribution in [0.3, 0.4) is 0 Å². The number of fused-ring (bicyclic) bond motifs is 1. The van der Waals surface area contributed by atoms with Gasteiger partial charge in [-0.05, 0) is 24.6 Å². The SMILES string of the molecule is CNC(=O)c1c(N(C)C)cnc2c([C@H](C)CNc3cc(-c4ccc(C)nc4)ncn3)cccc12.S. The predicted molar refractivity (Wildman–Crippen MR) is 147 cm³/mol. The minimum Gasteiger partial charge on any atom is -0.376 e. The lowest BCUT2D eigenvalue weighted by molar-refractivity contribution is 0.0965. The van der Waals surface area contributed by atoms with Crippen molar-refractivity contribution in [1.29, 1.82) is 0 Å². The number of hydrogen-bond acceptors (Lipinski definition) is 7. The first kappa shape index (κ1) is 25.9. The summed E-state index contributed by atoms with van der Waals surface area (Å²) in [5.74, 6) is 0.739. The number of benzene rings is 1. The van der Waals surface area contributed by atoms with Crippen LogP contribution in [0.4, 0.5) is 11.5 Å². The van der Waals surface area contributed by atoms with Crippen LogP contribution in [0.15, 0.2) is 55.1 Å². The van der Waals surface area contributed by atoms with Gasteiger partial charge in [0.25, 0.3) is 5.91 Å². The Balaban J connectivity index is 0.00000342. The standard InChI is InChI=1S/C26H29N7O.H2S/c1-16(12-29-23-11-21(31-15-32-23)18-10-9-17(2)28-13-18)19-7-6-8-20-24(26(34)27-3)22(33(4)5)14-30-25(19)20;/h6-11,13-16H,12H2,1-5H3,(H,27,34)(H,29,31,32);1H2/t16-;/m1./s1. The second kappa shape index (κ2) is 11.1. The largest absolute Gasteiger partial charge is 0.376 e. The first-order valence-corrected chi connectivity index (χ1v) is 11.2. The molecule has 0 saturated carbocycles. The number of amides is 1. The topological polar surface area (TPSA) is 95.9 Å². The fourth-order valence-corrected chi connectivity index (χ4v) is 3.93. The van der Waals surface area contributed by atoms with Crippen molar-refractivity contribution in [1.82, 2.24) is 25.3 Å². The van der Waals surface area contributed by atoms with Gasteiger partial charge in [-0.1, -0.05) is 25.1 Å². The molecule has 0 aliphatic carbocycles. The summed E-state index contributed by atoms with van der Waals surface area (Å²) < 4.78 is 0. The van der Waals surface area contributed by atoms with E-state index in [1.807, 2.05) is 62.4 Å².